The second kappa shape index (κ2) is 8.92. The Morgan fingerprint density at radius 2 is 2.00 bits per heavy atom. The van der Waals surface area contributed by atoms with E-state index in [-0.39, 0.29) is 5.91 Å². The number of amides is 1. The van der Waals surface area contributed by atoms with Crippen LogP contribution in [-0.4, -0.2) is 55.2 Å². The van der Waals surface area contributed by atoms with Crippen LogP contribution in [0.2, 0.25) is 0 Å². The molecule has 0 radical (unpaired) electrons. The zero-order chi connectivity index (χ0) is 20.4. The number of rotatable bonds is 5. The average Bonchev–Trinajstić information content (AvgIpc) is 3.13. The lowest BCUT2D eigenvalue weighted by Crippen LogP contribution is -2.43. The first-order valence-electron chi connectivity index (χ1n) is 9.77. The van der Waals surface area contributed by atoms with Gasteiger partial charge in [-0.3, -0.25) is 14.6 Å². The van der Waals surface area contributed by atoms with Gasteiger partial charge < -0.3 is 4.74 Å². The molecule has 0 spiro atoms. The van der Waals surface area contributed by atoms with Gasteiger partial charge in [0, 0.05) is 30.7 Å². The van der Waals surface area contributed by atoms with Crippen molar-refractivity contribution in [2.75, 3.05) is 44.3 Å². The Morgan fingerprint density at radius 1 is 1.24 bits per heavy atom. The van der Waals surface area contributed by atoms with Crippen molar-refractivity contribution in [3.63, 3.8) is 0 Å². The second-order valence-electron chi connectivity index (χ2n) is 7.32. The number of fused-ring (bicyclic) bond motifs is 1. The molecule has 1 amide bonds. The molecule has 0 saturated carbocycles. The van der Waals surface area contributed by atoms with Crippen molar-refractivity contribution in [3.05, 3.63) is 57.6 Å². The fourth-order valence-electron chi connectivity index (χ4n) is 3.60. The fraction of sp³-hybridized carbons (Fsp3) is 0.364. The molecule has 1 aliphatic heterocycles. The van der Waals surface area contributed by atoms with E-state index < -0.39 is 0 Å². The van der Waals surface area contributed by atoms with Gasteiger partial charge in [-0.2, -0.15) is 0 Å². The topological polar surface area (TPSA) is 45.7 Å². The summed E-state index contributed by atoms with van der Waals surface area (Å²) < 4.78 is 7.37. The summed E-state index contributed by atoms with van der Waals surface area (Å²) in [6.07, 6.45) is 0. The number of ether oxygens (including phenoxy) is 1. The molecule has 0 bridgehead atoms. The quantitative estimate of drug-likeness (QED) is 0.540. The Kier molecular flexibility index (Phi) is 6.29. The van der Waals surface area contributed by atoms with Gasteiger partial charge in [0.1, 0.15) is 0 Å². The van der Waals surface area contributed by atoms with Gasteiger partial charge in [-0.25, -0.2) is 4.98 Å². The van der Waals surface area contributed by atoms with Crippen LogP contribution < -0.4 is 4.90 Å². The van der Waals surface area contributed by atoms with Crippen LogP contribution in [0.3, 0.4) is 0 Å². The van der Waals surface area contributed by atoms with Crippen molar-refractivity contribution in [2.24, 2.45) is 0 Å². The van der Waals surface area contributed by atoms with Crippen LogP contribution in [0.15, 0.2) is 40.9 Å². The minimum Gasteiger partial charge on any atom is -0.379 e. The Labute approximate surface area is 183 Å². The number of aryl methyl sites for hydroxylation is 2. The van der Waals surface area contributed by atoms with E-state index in [4.69, 9.17) is 9.72 Å². The number of halogens is 1. The van der Waals surface area contributed by atoms with E-state index in [0.717, 1.165) is 58.2 Å². The first kappa shape index (κ1) is 20.5. The van der Waals surface area contributed by atoms with Gasteiger partial charge in [0.05, 0.1) is 29.0 Å². The smallest absolute Gasteiger partial charge is 0.261 e. The molecule has 4 rings (SSSR count). The number of nitrogens with zero attached hydrogens (tertiary/aromatic N) is 3. The van der Waals surface area contributed by atoms with Gasteiger partial charge in [0.15, 0.2) is 5.13 Å². The number of carbonyl (C=O) groups is 1. The largest absolute Gasteiger partial charge is 0.379 e. The van der Waals surface area contributed by atoms with Crippen LogP contribution in [0.25, 0.3) is 10.2 Å². The molecule has 1 saturated heterocycles. The first-order valence-corrected chi connectivity index (χ1v) is 11.4. The number of anilines is 1. The van der Waals surface area contributed by atoms with Gasteiger partial charge in [-0.15, -0.1) is 0 Å². The maximum Gasteiger partial charge on any atom is 0.261 e. The van der Waals surface area contributed by atoms with Crippen LogP contribution >= 0.6 is 27.3 Å². The van der Waals surface area contributed by atoms with Crippen LogP contribution in [0.5, 0.6) is 0 Å². The highest BCUT2D eigenvalue weighted by molar-refractivity contribution is 9.10. The maximum atomic E-state index is 13.5. The molecule has 7 heteroatoms. The van der Waals surface area contributed by atoms with Crippen molar-refractivity contribution in [1.82, 2.24) is 9.88 Å². The highest BCUT2D eigenvalue weighted by atomic mass is 79.9. The number of hydrogen-bond acceptors (Lipinski definition) is 5. The van der Waals surface area contributed by atoms with E-state index in [1.165, 1.54) is 5.56 Å². The van der Waals surface area contributed by atoms with Crippen LogP contribution in [0.4, 0.5) is 5.13 Å². The lowest BCUT2D eigenvalue weighted by molar-refractivity contribution is 0.0391. The number of hydrogen-bond donors (Lipinski definition) is 0. The van der Waals surface area contributed by atoms with Crippen molar-refractivity contribution in [1.29, 1.82) is 0 Å². The number of morpholine rings is 1. The van der Waals surface area contributed by atoms with Gasteiger partial charge in [0.25, 0.3) is 5.91 Å². The summed E-state index contributed by atoms with van der Waals surface area (Å²) in [6, 6.07) is 11.9. The molecular weight excluding hydrogens is 450 g/mol. The molecule has 152 valence electrons. The molecule has 5 nitrogen and oxygen atoms in total. The summed E-state index contributed by atoms with van der Waals surface area (Å²) in [7, 11) is 0. The number of aromatic nitrogens is 1. The average molecular weight is 474 g/mol. The van der Waals surface area contributed by atoms with Gasteiger partial charge in [-0.1, -0.05) is 29.5 Å². The van der Waals surface area contributed by atoms with E-state index in [1.807, 2.05) is 29.2 Å². The molecule has 0 N–H and O–H groups in total. The molecule has 3 aromatic rings. The van der Waals surface area contributed by atoms with Crippen LogP contribution in [0.1, 0.15) is 21.5 Å². The summed E-state index contributed by atoms with van der Waals surface area (Å²) in [4.78, 5) is 22.5. The van der Waals surface area contributed by atoms with Crippen molar-refractivity contribution >= 4 is 48.5 Å². The zero-order valence-electron chi connectivity index (χ0n) is 16.7. The van der Waals surface area contributed by atoms with Gasteiger partial charge >= 0.3 is 0 Å². The fourth-order valence-corrected chi connectivity index (χ4v) is 5.23. The summed E-state index contributed by atoms with van der Waals surface area (Å²) in [6.45, 7) is 8.85. The highest BCUT2D eigenvalue weighted by Crippen LogP contribution is 2.33. The summed E-state index contributed by atoms with van der Waals surface area (Å²) in [5.41, 5.74) is 3.99. The predicted molar refractivity (Wildman–Crippen MR) is 122 cm³/mol. The zero-order valence-corrected chi connectivity index (χ0v) is 19.1. The Morgan fingerprint density at radius 3 is 2.76 bits per heavy atom. The standard InChI is InChI=1S/C22H24BrN3O2S/c1-15-13-16(2)20-19(14-15)29-22(24-20)26(8-7-25-9-11-28-12-10-25)21(27)17-5-3-4-6-18(17)23/h3-6,13-14H,7-12H2,1-2H3. The number of benzene rings is 2. The Bertz CT molecular complexity index is 1030. The lowest BCUT2D eigenvalue weighted by atomic mass is 10.1. The lowest BCUT2D eigenvalue weighted by Gasteiger charge is -2.29. The van der Waals surface area contributed by atoms with E-state index in [9.17, 15) is 4.79 Å². The third-order valence-corrected chi connectivity index (χ3v) is 6.86. The third kappa shape index (κ3) is 4.53. The van der Waals surface area contributed by atoms with E-state index in [0.29, 0.717) is 12.1 Å². The molecular formula is C22H24BrN3O2S. The van der Waals surface area contributed by atoms with Crippen molar-refractivity contribution in [3.8, 4) is 0 Å². The second-order valence-corrected chi connectivity index (χ2v) is 9.18. The van der Waals surface area contributed by atoms with E-state index >= 15 is 0 Å². The molecule has 1 aliphatic rings. The molecule has 0 aliphatic carbocycles. The van der Waals surface area contributed by atoms with Crippen LogP contribution in [-0.2, 0) is 4.74 Å². The normalized spacial score (nSPS) is 15.0. The summed E-state index contributed by atoms with van der Waals surface area (Å²) >= 11 is 5.11. The monoisotopic (exact) mass is 473 g/mol. The number of thiazole rings is 1. The van der Waals surface area contributed by atoms with Gasteiger partial charge in [0.2, 0.25) is 0 Å². The predicted octanol–water partition coefficient (Wildman–Crippen LogP) is 4.65. The maximum absolute atomic E-state index is 13.5. The van der Waals surface area contributed by atoms with Gasteiger partial charge in [-0.05, 0) is 59.1 Å². The molecule has 2 heterocycles. The number of carbonyl (C=O) groups excluding carboxylic acids is 1. The van der Waals surface area contributed by atoms with E-state index in [1.54, 1.807) is 11.3 Å². The van der Waals surface area contributed by atoms with Crippen molar-refractivity contribution in [2.45, 2.75) is 13.8 Å². The molecule has 0 unspecified atom stereocenters. The van der Waals surface area contributed by atoms with Crippen molar-refractivity contribution < 1.29 is 9.53 Å². The SMILES string of the molecule is Cc1cc(C)c2nc(N(CCN3CCOCC3)C(=O)c3ccccc3Br)sc2c1. The summed E-state index contributed by atoms with van der Waals surface area (Å²) in [5, 5.41) is 0.753. The highest BCUT2D eigenvalue weighted by Gasteiger charge is 2.24. The Balaban J connectivity index is 1.68. The van der Waals surface area contributed by atoms with E-state index in [2.05, 4.69) is 46.8 Å². The molecule has 29 heavy (non-hydrogen) atoms. The summed E-state index contributed by atoms with van der Waals surface area (Å²) in [5.74, 6) is -0.0286. The molecule has 1 aromatic heterocycles. The minimum absolute atomic E-state index is 0.0286. The van der Waals surface area contributed by atoms with Crippen LogP contribution in [0, 0.1) is 13.8 Å². The first-order chi connectivity index (χ1) is 14.0. The molecule has 0 atom stereocenters. The Hall–Kier alpha value is -1.80. The minimum atomic E-state index is -0.0286. The molecule has 2 aromatic carbocycles. The molecule has 1 fully saturated rings. The third-order valence-electron chi connectivity index (χ3n) is 5.14.